The van der Waals surface area contributed by atoms with Crippen LogP contribution in [0, 0.1) is 18.6 Å². The normalized spacial score (nSPS) is 10.7. The molecule has 6 heteroatoms. The number of benzene rings is 3. The van der Waals surface area contributed by atoms with Crippen molar-refractivity contribution in [2.45, 2.75) is 6.92 Å². The minimum atomic E-state index is -0.851. The summed E-state index contributed by atoms with van der Waals surface area (Å²) in [6, 6.07) is 17.8. The zero-order chi connectivity index (χ0) is 20.4. The number of rotatable bonds is 3. The molecule has 2 amide bonds. The summed E-state index contributed by atoms with van der Waals surface area (Å²) < 4.78 is 26.9. The van der Waals surface area contributed by atoms with Crippen LogP contribution in [-0.2, 0) is 0 Å². The van der Waals surface area contributed by atoms with Crippen molar-refractivity contribution in [1.29, 1.82) is 0 Å². The van der Waals surface area contributed by atoms with Gasteiger partial charge >= 0.3 is 6.03 Å². The average molecular weight is 389 g/mol. The molecule has 2 N–H and O–H groups in total. The third kappa shape index (κ3) is 3.91. The van der Waals surface area contributed by atoms with Gasteiger partial charge in [-0.05, 0) is 36.2 Å². The summed E-state index contributed by atoms with van der Waals surface area (Å²) >= 11 is 0. The minimum absolute atomic E-state index is 0.116. The summed E-state index contributed by atoms with van der Waals surface area (Å²) in [5, 5.41) is 6.02. The van der Waals surface area contributed by atoms with Gasteiger partial charge in [0, 0.05) is 17.0 Å². The quantitative estimate of drug-likeness (QED) is 0.443. The number of amides is 2. The van der Waals surface area contributed by atoms with Crippen molar-refractivity contribution in [3.63, 3.8) is 0 Å². The summed E-state index contributed by atoms with van der Waals surface area (Å²) in [7, 11) is 0. The van der Waals surface area contributed by atoms with Crippen LogP contribution in [0.2, 0.25) is 0 Å². The zero-order valence-electron chi connectivity index (χ0n) is 15.5. The van der Waals surface area contributed by atoms with Gasteiger partial charge in [0.1, 0.15) is 11.6 Å². The fourth-order valence-corrected chi connectivity index (χ4v) is 3.18. The topological polar surface area (TPSA) is 54.0 Å². The Kier molecular flexibility index (Phi) is 4.91. The Balaban J connectivity index is 1.73. The van der Waals surface area contributed by atoms with Gasteiger partial charge in [0.25, 0.3) is 0 Å². The molecular weight excluding hydrogens is 372 g/mol. The van der Waals surface area contributed by atoms with Crippen LogP contribution in [0.5, 0.6) is 0 Å². The van der Waals surface area contributed by atoms with Gasteiger partial charge in [-0.2, -0.15) is 0 Å². The van der Waals surface area contributed by atoms with E-state index in [2.05, 4.69) is 15.6 Å². The SMILES string of the molecule is Cc1ccc2c(-c3ccccc3)c(NC(=O)Nc3ccc(F)cc3F)cnc2c1. The molecule has 4 rings (SSSR count). The molecule has 144 valence electrons. The van der Waals surface area contributed by atoms with Crippen LogP contribution in [0.1, 0.15) is 5.56 Å². The molecule has 1 aromatic heterocycles. The van der Waals surface area contributed by atoms with E-state index in [1.807, 2.05) is 55.5 Å². The first-order chi connectivity index (χ1) is 14.0. The van der Waals surface area contributed by atoms with E-state index in [9.17, 15) is 13.6 Å². The fraction of sp³-hybridized carbons (Fsp3) is 0.0435. The predicted molar refractivity (Wildman–Crippen MR) is 111 cm³/mol. The van der Waals surface area contributed by atoms with Gasteiger partial charge in [0.2, 0.25) is 0 Å². The molecule has 0 aliphatic rings. The van der Waals surface area contributed by atoms with Crippen LogP contribution in [0.15, 0.2) is 72.9 Å². The van der Waals surface area contributed by atoms with Gasteiger partial charge in [-0.25, -0.2) is 13.6 Å². The standard InChI is InChI=1S/C23H17F2N3O/c1-14-7-9-17-20(11-14)26-13-21(22(17)15-5-3-2-4-6-15)28-23(29)27-19-10-8-16(24)12-18(19)25/h2-13H,1H3,(H2,27,28,29). The lowest BCUT2D eigenvalue weighted by Gasteiger charge is -2.15. The van der Waals surface area contributed by atoms with E-state index in [1.165, 1.54) is 6.07 Å². The van der Waals surface area contributed by atoms with Crippen LogP contribution in [0.4, 0.5) is 25.0 Å². The van der Waals surface area contributed by atoms with E-state index >= 15 is 0 Å². The molecule has 0 saturated heterocycles. The van der Waals surface area contributed by atoms with Crippen molar-refractivity contribution in [2.24, 2.45) is 0 Å². The lowest BCUT2D eigenvalue weighted by atomic mass is 9.98. The molecule has 0 aliphatic carbocycles. The van der Waals surface area contributed by atoms with Crippen molar-refractivity contribution in [2.75, 3.05) is 10.6 Å². The maximum atomic E-state index is 13.8. The Morgan fingerprint density at radius 1 is 0.897 bits per heavy atom. The van der Waals surface area contributed by atoms with Crippen molar-refractivity contribution in [3.8, 4) is 11.1 Å². The monoisotopic (exact) mass is 389 g/mol. The number of nitrogens with zero attached hydrogens (tertiary/aromatic N) is 1. The highest BCUT2D eigenvalue weighted by Crippen LogP contribution is 2.34. The van der Waals surface area contributed by atoms with Gasteiger partial charge in [0.05, 0.1) is 23.1 Å². The second-order valence-corrected chi connectivity index (χ2v) is 6.64. The minimum Gasteiger partial charge on any atom is -0.306 e. The van der Waals surface area contributed by atoms with Gasteiger partial charge in [-0.15, -0.1) is 0 Å². The molecule has 3 aromatic carbocycles. The highest BCUT2D eigenvalue weighted by molar-refractivity contribution is 6.07. The maximum Gasteiger partial charge on any atom is 0.323 e. The maximum absolute atomic E-state index is 13.8. The second kappa shape index (κ2) is 7.67. The Labute approximate surface area is 166 Å². The van der Waals surface area contributed by atoms with Crippen molar-refractivity contribution in [3.05, 3.63) is 90.1 Å². The van der Waals surface area contributed by atoms with E-state index in [1.54, 1.807) is 6.20 Å². The zero-order valence-corrected chi connectivity index (χ0v) is 15.5. The van der Waals surface area contributed by atoms with E-state index in [0.29, 0.717) is 11.8 Å². The van der Waals surface area contributed by atoms with E-state index in [0.717, 1.165) is 33.7 Å². The fourth-order valence-electron chi connectivity index (χ4n) is 3.18. The van der Waals surface area contributed by atoms with Gasteiger partial charge in [-0.3, -0.25) is 4.98 Å². The molecule has 0 atom stereocenters. The molecule has 0 bridgehead atoms. The lowest BCUT2D eigenvalue weighted by Crippen LogP contribution is -2.20. The number of aromatic nitrogens is 1. The summed E-state index contributed by atoms with van der Waals surface area (Å²) in [6.07, 6.45) is 1.57. The number of fused-ring (bicyclic) bond motifs is 1. The Hall–Kier alpha value is -3.80. The Bertz CT molecular complexity index is 1210. The molecule has 0 fully saturated rings. The number of pyridine rings is 1. The average Bonchev–Trinajstić information content (AvgIpc) is 2.70. The first-order valence-corrected chi connectivity index (χ1v) is 8.99. The molecule has 0 radical (unpaired) electrons. The summed E-state index contributed by atoms with van der Waals surface area (Å²) in [5.41, 5.74) is 3.97. The van der Waals surface area contributed by atoms with E-state index in [4.69, 9.17) is 0 Å². The third-order valence-corrected chi connectivity index (χ3v) is 4.51. The molecule has 4 nitrogen and oxygen atoms in total. The highest BCUT2D eigenvalue weighted by Gasteiger charge is 2.15. The number of urea groups is 1. The number of hydrogen-bond acceptors (Lipinski definition) is 2. The van der Waals surface area contributed by atoms with Crippen LogP contribution < -0.4 is 10.6 Å². The summed E-state index contributed by atoms with van der Waals surface area (Å²) in [4.78, 5) is 16.9. The number of nitrogens with one attached hydrogen (secondary N) is 2. The summed E-state index contributed by atoms with van der Waals surface area (Å²) in [5.74, 6) is -1.57. The first kappa shape index (κ1) is 18.6. The largest absolute Gasteiger partial charge is 0.323 e. The van der Waals surface area contributed by atoms with E-state index in [-0.39, 0.29) is 5.69 Å². The van der Waals surface area contributed by atoms with E-state index < -0.39 is 17.7 Å². The smallest absolute Gasteiger partial charge is 0.306 e. The number of hydrogen-bond donors (Lipinski definition) is 2. The first-order valence-electron chi connectivity index (χ1n) is 8.99. The predicted octanol–water partition coefficient (Wildman–Crippen LogP) is 6.13. The van der Waals surface area contributed by atoms with Gasteiger partial charge in [0.15, 0.2) is 0 Å². The van der Waals surface area contributed by atoms with Crippen LogP contribution >= 0.6 is 0 Å². The third-order valence-electron chi connectivity index (χ3n) is 4.51. The van der Waals surface area contributed by atoms with Crippen LogP contribution in [0.25, 0.3) is 22.0 Å². The number of halogens is 2. The number of carbonyl (C=O) groups is 1. The van der Waals surface area contributed by atoms with Crippen molar-refractivity contribution >= 4 is 28.3 Å². The van der Waals surface area contributed by atoms with Crippen LogP contribution in [0.3, 0.4) is 0 Å². The molecule has 0 unspecified atom stereocenters. The lowest BCUT2D eigenvalue weighted by molar-refractivity contribution is 0.262. The number of anilines is 2. The highest BCUT2D eigenvalue weighted by atomic mass is 19.1. The van der Waals surface area contributed by atoms with Crippen molar-refractivity contribution in [1.82, 2.24) is 4.98 Å². The molecule has 0 aliphatic heterocycles. The van der Waals surface area contributed by atoms with Gasteiger partial charge in [-0.1, -0.05) is 42.5 Å². The molecule has 0 saturated carbocycles. The van der Waals surface area contributed by atoms with Crippen molar-refractivity contribution < 1.29 is 13.6 Å². The Morgan fingerprint density at radius 2 is 1.66 bits per heavy atom. The molecule has 1 heterocycles. The summed E-state index contributed by atoms with van der Waals surface area (Å²) in [6.45, 7) is 1.99. The van der Waals surface area contributed by atoms with Crippen LogP contribution in [-0.4, -0.2) is 11.0 Å². The Morgan fingerprint density at radius 3 is 2.41 bits per heavy atom. The molecule has 29 heavy (non-hydrogen) atoms. The number of aryl methyl sites for hydroxylation is 1. The number of carbonyl (C=O) groups excluding carboxylic acids is 1. The molecular formula is C23H17F2N3O. The second-order valence-electron chi connectivity index (χ2n) is 6.64. The molecule has 4 aromatic rings. The molecule has 0 spiro atoms. The van der Waals surface area contributed by atoms with Gasteiger partial charge < -0.3 is 10.6 Å².